The second-order valence-electron chi connectivity index (χ2n) is 7.55. The van der Waals surface area contributed by atoms with Gasteiger partial charge in [-0.05, 0) is 67.6 Å². The van der Waals surface area contributed by atoms with E-state index in [2.05, 4.69) is 62.4 Å². The molecule has 142 valence electrons. The Bertz CT molecular complexity index is 984. The van der Waals surface area contributed by atoms with Crippen LogP contribution in [0.5, 0.6) is 0 Å². The quantitative estimate of drug-likeness (QED) is 0.652. The van der Waals surface area contributed by atoms with E-state index in [0.29, 0.717) is 10.8 Å². The second kappa shape index (κ2) is 7.08. The Morgan fingerprint density at radius 2 is 1.89 bits per heavy atom. The van der Waals surface area contributed by atoms with E-state index < -0.39 is 10.0 Å². The summed E-state index contributed by atoms with van der Waals surface area (Å²) in [5.41, 5.74) is 3.33. The first-order valence-corrected chi connectivity index (χ1v) is 11.5. The number of sulfonamides is 1. The maximum Gasteiger partial charge on any atom is 0.240 e. The van der Waals surface area contributed by atoms with E-state index in [-0.39, 0.29) is 18.0 Å². The first kappa shape index (κ1) is 18.7. The molecule has 0 saturated heterocycles. The third kappa shape index (κ3) is 3.58. The summed E-state index contributed by atoms with van der Waals surface area (Å²) in [6, 6.07) is 13.9. The predicted molar refractivity (Wildman–Crippen MR) is 112 cm³/mol. The minimum absolute atomic E-state index is 0.134. The fourth-order valence-corrected chi connectivity index (χ4v) is 5.67. The van der Waals surface area contributed by atoms with E-state index in [0.717, 1.165) is 22.1 Å². The summed E-state index contributed by atoms with van der Waals surface area (Å²) in [5, 5.41) is 3.65. The van der Waals surface area contributed by atoms with Gasteiger partial charge in [0.2, 0.25) is 10.0 Å². The van der Waals surface area contributed by atoms with Crippen LogP contribution in [0.2, 0.25) is 0 Å². The third-order valence-corrected chi connectivity index (χ3v) is 7.45. The standard InChI is InChI=1S/C21H23BrN2O2S/c1-13(2)24-27(25,26)16-10-11-20-19(12-16)17-4-3-5-18(17)21(23-20)14-6-8-15(22)9-7-14/h3-4,6-13,17-18,21,23-24H,5H2,1-2H3/t17-,18+,21+/m0/s1. The van der Waals surface area contributed by atoms with Crippen LogP contribution in [0, 0.1) is 5.92 Å². The highest BCUT2D eigenvalue weighted by Crippen LogP contribution is 2.50. The van der Waals surface area contributed by atoms with E-state index >= 15 is 0 Å². The van der Waals surface area contributed by atoms with E-state index in [1.54, 1.807) is 6.07 Å². The van der Waals surface area contributed by atoms with Crippen molar-refractivity contribution in [2.45, 2.75) is 43.2 Å². The third-order valence-electron chi connectivity index (χ3n) is 5.26. The van der Waals surface area contributed by atoms with Crippen LogP contribution in [0.1, 0.15) is 43.4 Å². The maximum absolute atomic E-state index is 12.6. The molecule has 0 bridgehead atoms. The Kier molecular flexibility index (Phi) is 4.91. The van der Waals surface area contributed by atoms with Gasteiger partial charge >= 0.3 is 0 Å². The molecule has 0 unspecified atom stereocenters. The van der Waals surface area contributed by atoms with E-state index in [1.807, 2.05) is 26.0 Å². The van der Waals surface area contributed by atoms with Crippen LogP contribution in [0.15, 0.2) is 64.0 Å². The normalized spacial score (nSPS) is 23.8. The molecule has 0 saturated carbocycles. The van der Waals surface area contributed by atoms with Gasteiger partial charge in [-0.15, -0.1) is 0 Å². The van der Waals surface area contributed by atoms with Gasteiger partial charge in [-0.25, -0.2) is 13.1 Å². The van der Waals surface area contributed by atoms with Gasteiger partial charge in [-0.1, -0.05) is 40.2 Å². The van der Waals surface area contributed by atoms with Gasteiger partial charge in [-0.3, -0.25) is 0 Å². The first-order chi connectivity index (χ1) is 12.8. The molecule has 0 fully saturated rings. The van der Waals surface area contributed by atoms with Crippen molar-refractivity contribution in [3.05, 3.63) is 70.2 Å². The Morgan fingerprint density at radius 3 is 2.59 bits per heavy atom. The predicted octanol–water partition coefficient (Wildman–Crippen LogP) is 4.96. The van der Waals surface area contributed by atoms with Crippen molar-refractivity contribution in [1.29, 1.82) is 0 Å². The largest absolute Gasteiger partial charge is 0.378 e. The summed E-state index contributed by atoms with van der Waals surface area (Å²) in [4.78, 5) is 0.331. The van der Waals surface area contributed by atoms with Crippen LogP contribution in [-0.2, 0) is 10.0 Å². The molecule has 1 aliphatic carbocycles. The van der Waals surface area contributed by atoms with Crippen LogP contribution in [-0.4, -0.2) is 14.5 Å². The molecule has 0 spiro atoms. The second-order valence-corrected chi connectivity index (χ2v) is 10.2. The highest BCUT2D eigenvalue weighted by Gasteiger charge is 2.38. The fraction of sp³-hybridized carbons (Fsp3) is 0.333. The molecular weight excluding hydrogens is 424 g/mol. The zero-order valence-corrected chi connectivity index (χ0v) is 17.7. The zero-order chi connectivity index (χ0) is 19.2. The topological polar surface area (TPSA) is 58.2 Å². The van der Waals surface area contributed by atoms with E-state index in [1.165, 1.54) is 5.56 Å². The van der Waals surface area contributed by atoms with Crippen LogP contribution in [0.25, 0.3) is 0 Å². The molecule has 1 aliphatic heterocycles. The highest BCUT2D eigenvalue weighted by molar-refractivity contribution is 9.10. The van der Waals surface area contributed by atoms with Gasteiger partial charge in [-0.2, -0.15) is 0 Å². The lowest BCUT2D eigenvalue weighted by atomic mass is 9.77. The van der Waals surface area contributed by atoms with Crippen molar-refractivity contribution in [2.75, 3.05) is 5.32 Å². The summed E-state index contributed by atoms with van der Waals surface area (Å²) in [6.45, 7) is 3.66. The molecule has 4 rings (SSSR count). The Hall–Kier alpha value is -1.63. The number of anilines is 1. The Balaban J connectivity index is 1.73. The van der Waals surface area contributed by atoms with Crippen molar-refractivity contribution < 1.29 is 8.42 Å². The minimum Gasteiger partial charge on any atom is -0.378 e. The van der Waals surface area contributed by atoms with Crippen LogP contribution in [0.3, 0.4) is 0 Å². The number of allylic oxidation sites excluding steroid dienone is 2. The fourth-order valence-electron chi connectivity index (χ4n) is 4.12. The van der Waals surface area contributed by atoms with Gasteiger partial charge in [0.1, 0.15) is 0 Å². The lowest BCUT2D eigenvalue weighted by molar-refractivity contribution is 0.425. The van der Waals surface area contributed by atoms with Crippen molar-refractivity contribution in [1.82, 2.24) is 4.72 Å². The molecule has 2 aliphatic rings. The van der Waals surface area contributed by atoms with Gasteiger partial charge < -0.3 is 5.32 Å². The summed E-state index contributed by atoms with van der Waals surface area (Å²) in [5.74, 6) is 0.610. The summed E-state index contributed by atoms with van der Waals surface area (Å²) in [6.07, 6.45) is 5.42. The summed E-state index contributed by atoms with van der Waals surface area (Å²) >= 11 is 3.50. The molecule has 2 N–H and O–H groups in total. The number of halogens is 1. The summed E-state index contributed by atoms with van der Waals surface area (Å²) in [7, 11) is -3.50. The molecule has 27 heavy (non-hydrogen) atoms. The van der Waals surface area contributed by atoms with Crippen LogP contribution < -0.4 is 10.0 Å². The van der Waals surface area contributed by atoms with E-state index in [4.69, 9.17) is 0 Å². The molecule has 2 aromatic rings. The molecule has 0 aromatic heterocycles. The molecule has 4 nitrogen and oxygen atoms in total. The summed E-state index contributed by atoms with van der Waals surface area (Å²) < 4.78 is 28.9. The highest BCUT2D eigenvalue weighted by atomic mass is 79.9. The Morgan fingerprint density at radius 1 is 1.15 bits per heavy atom. The van der Waals surface area contributed by atoms with Gasteiger partial charge in [0.05, 0.1) is 10.9 Å². The van der Waals surface area contributed by atoms with Crippen LogP contribution >= 0.6 is 15.9 Å². The molecule has 0 radical (unpaired) electrons. The molecule has 3 atom stereocenters. The lowest BCUT2D eigenvalue weighted by Crippen LogP contribution is -2.31. The number of fused-ring (bicyclic) bond motifs is 3. The first-order valence-electron chi connectivity index (χ1n) is 9.20. The minimum atomic E-state index is -3.50. The number of benzene rings is 2. The number of hydrogen-bond donors (Lipinski definition) is 2. The van der Waals surface area contributed by atoms with Crippen molar-refractivity contribution >= 4 is 31.6 Å². The molecule has 1 heterocycles. The van der Waals surface area contributed by atoms with Crippen LogP contribution in [0.4, 0.5) is 5.69 Å². The van der Waals surface area contributed by atoms with Gasteiger partial charge in [0, 0.05) is 22.1 Å². The molecule has 6 heteroatoms. The molecular formula is C21H23BrN2O2S. The molecule has 2 aromatic carbocycles. The number of rotatable bonds is 4. The van der Waals surface area contributed by atoms with Crippen molar-refractivity contribution in [3.8, 4) is 0 Å². The lowest BCUT2D eigenvalue weighted by Gasteiger charge is -2.37. The number of nitrogens with one attached hydrogen (secondary N) is 2. The maximum atomic E-state index is 12.6. The average molecular weight is 447 g/mol. The number of hydrogen-bond acceptors (Lipinski definition) is 3. The average Bonchev–Trinajstić information content (AvgIpc) is 3.10. The van der Waals surface area contributed by atoms with Crippen molar-refractivity contribution in [3.63, 3.8) is 0 Å². The smallest absolute Gasteiger partial charge is 0.240 e. The van der Waals surface area contributed by atoms with Gasteiger partial charge in [0.25, 0.3) is 0 Å². The molecule has 0 amide bonds. The van der Waals surface area contributed by atoms with Gasteiger partial charge in [0.15, 0.2) is 0 Å². The van der Waals surface area contributed by atoms with Crippen molar-refractivity contribution in [2.24, 2.45) is 5.92 Å². The van der Waals surface area contributed by atoms with E-state index in [9.17, 15) is 8.42 Å². The SMILES string of the molecule is CC(C)NS(=O)(=O)c1ccc2c(c1)[C@H]1C=CC[C@H]1[C@@H](c1ccc(Br)cc1)N2. The zero-order valence-electron chi connectivity index (χ0n) is 15.3. The monoisotopic (exact) mass is 446 g/mol. The Labute approximate surface area is 169 Å².